The van der Waals surface area contributed by atoms with Gasteiger partial charge in [0.05, 0.1) is 0 Å². The lowest BCUT2D eigenvalue weighted by molar-refractivity contribution is -0.135. The van der Waals surface area contributed by atoms with Crippen molar-refractivity contribution in [3.05, 3.63) is 71.8 Å². The van der Waals surface area contributed by atoms with Crippen LogP contribution in [0.15, 0.2) is 60.7 Å². The Hall–Kier alpha value is -3.55. The fraction of sp³-hybridized carbons (Fsp3) is 0.423. The zero-order chi connectivity index (χ0) is 24.6. The van der Waals surface area contributed by atoms with Crippen LogP contribution in [0.1, 0.15) is 31.9 Å². The van der Waals surface area contributed by atoms with Gasteiger partial charge in [-0.1, -0.05) is 60.7 Å². The zero-order valence-electron chi connectivity index (χ0n) is 20.0. The van der Waals surface area contributed by atoms with E-state index in [0.717, 1.165) is 11.1 Å². The van der Waals surface area contributed by atoms with Gasteiger partial charge in [-0.3, -0.25) is 4.79 Å². The minimum absolute atomic E-state index is 0.202. The van der Waals surface area contributed by atoms with Crippen molar-refractivity contribution in [1.82, 2.24) is 15.1 Å². The number of benzene rings is 2. The van der Waals surface area contributed by atoms with Crippen LogP contribution in [0.3, 0.4) is 0 Å². The average molecular weight is 468 g/mol. The molecule has 1 fully saturated rings. The number of nitrogens with one attached hydrogen (secondary N) is 1. The summed E-state index contributed by atoms with van der Waals surface area (Å²) in [6.45, 7) is 6.98. The maximum absolute atomic E-state index is 13.3. The van der Waals surface area contributed by atoms with E-state index >= 15 is 0 Å². The Morgan fingerprint density at radius 1 is 0.853 bits per heavy atom. The molecule has 0 radical (unpaired) electrons. The molecule has 182 valence electrons. The van der Waals surface area contributed by atoms with Crippen molar-refractivity contribution in [3.63, 3.8) is 0 Å². The first-order valence-electron chi connectivity index (χ1n) is 11.5. The molecule has 34 heavy (non-hydrogen) atoms. The minimum atomic E-state index is -0.770. The highest BCUT2D eigenvalue weighted by Gasteiger charge is 2.31. The number of piperazine rings is 1. The van der Waals surface area contributed by atoms with Gasteiger partial charge in [-0.05, 0) is 31.9 Å². The van der Waals surface area contributed by atoms with Crippen LogP contribution in [0, 0.1) is 0 Å². The summed E-state index contributed by atoms with van der Waals surface area (Å²) in [6, 6.07) is 18.2. The van der Waals surface area contributed by atoms with Crippen LogP contribution in [0.25, 0.3) is 0 Å². The van der Waals surface area contributed by atoms with Gasteiger partial charge in [-0.25, -0.2) is 9.59 Å². The highest BCUT2D eigenvalue weighted by atomic mass is 16.6. The predicted molar refractivity (Wildman–Crippen MR) is 128 cm³/mol. The van der Waals surface area contributed by atoms with Gasteiger partial charge in [0.15, 0.2) is 0 Å². The molecule has 3 amide bonds. The number of alkyl carbamates (subject to hydrolysis) is 1. The molecule has 1 aliphatic rings. The highest BCUT2D eigenvalue weighted by Crippen LogP contribution is 2.13. The molecule has 3 rings (SSSR count). The average Bonchev–Trinajstić information content (AvgIpc) is 2.82. The molecule has 1 N–H and O–H groups in total. The van der Waals surface area contributed by atoms with Gasteiger partial charge in [0.25, 0.3) is 0 Å². The summed E-state index contributed by atoms with van der Waals surface area (Å²) in [7, 11) is 0. The zero-order valence-corrected chi connectivity index (χ0v) is 20.0. The fourth-order valence-electron chi connectivity index (χ4n) is 3.64. The molecular formula is C26H33N3O5. The monoisotopic (exact) mass is 467 g/mol. The number of hydrogen-bond acceptors (Lipinski definition) is 5. The van der Waals surface area contributed by atoms with Crippen molar-refractivity contribution in [2.24, 2.45) is 0 Å². The van der Waals surface area contributed by atoms with E-state index in [4.69, 9.17) is 9.47 Å². The normalized spacial score (nSPS) is 14.8. The van der Waals surface area contributed by atoms with E-state index in [1.807, 2.05) is 60.7 Å². The lowest BCUT2D eigenvalue weighted by Crippen LogP contribution is -2.56. The Balaban J connectivity index is 1.57. The van der Waals surface area contributed by atoms with Crippen molar-refractivity contribution < 1.29 is 23.9 Å². The third-order valence-corrected chi connectivity index (χ3v) is 5.33. The first-order chi connectivity index (χ1) is 16.2. The quantitative estimate of drug-likeness (QED) is 0.701. The maximum Gasteiger partial charge on any atom is 0.410 e. The molecule has 1 aliphatic heterocycles. The number of amides is 3. The topological polar surface area (TPSA) is 88.2 Å². The molecule has 0 spiro atoms. The van der Waals surface area contributed by atoms with Gasteiger partial charge in [0.1, 0.15) is 18.2 Å². The van der Waals surface area contributed by atoms with Crippen molar-refractivity contribution in [1.29, 1.82) is 0 Å². The Kier molecular flexibility index (Phi) is 8.51. The summed E-state index contributed by atoms with van der Waals surface area (Å²) < 4.78 is 10.8. The SMILES string of the molecule is CC(C)(C)OC(=O)N[C@@H](Cc1ccccc1)C(=O)N1CCN(C(=O)OCc2ccccc2)CC1. The van der Waals surface area contributed by atoms with Gasteiger partial charge in [0.2, 0.25) is 5.91 Å². The lowest BCUT2D eigenvalue weighted by atomic mass is 10.0. The summed E-state index contributed by atoms with van der Waals surface area (Å²) in [5, 5.41) is 2.73. The van der Waals surface area contributed by atoms with Gasteiger partial charge in [-0.15, -0.1) is 0 Å². The van der Waals surface area contributed by atoms with Crippen LogP contribution in [-0.4, -0.2) is 65.7 Å². The van der Waals surface area contributed by atoms with Crippen molar-refractivity contribution in [2.75, 3.05) is 26.2 Å². The predicted octanol–water partition coefficient (Wildman–Crippen LogP) is 3.60. The molecule has 0 aromatic heterocycles. The van der Waals surface area contributed by atoms with Crippen LogP contribution < -0.4 is 5.32 Å². The number of nitrogens with zero attached hydrogens (tertiary/aromatic N) is 2. The number of ether oxygens (including phenoxy) is 2. The number of carbonyl (C=O) groups is 3. The summed E-state index contributed by atoms with van der Waals surface area (Å²) >= 11 is 0. The number of carbonyl (C=O) groups excluding carboxylic acids is 3. The second-order valence-electron chi connectivity index (χ2n) is 9.24. The smallest absolute Gasteiger partial charge is 0.410 e. The van der Waals surface area contributed by atoms with Crippen molar-refractivity contribution in [2.45, 2.75) is 45.4 Å². The summed E-state index contributed by atoms with van der Waals surface area (Å²) in [5.74, 6) is -0.202. The van der Waals surface area contributed by atoms with Gasteiger partial charge < -0.3 is 24.6 Å². The Labute approximate surface area is 200 Å². The summed E-state index contributed by atoms with van der Waals surface area (Å²) in [6.07, 6.45) is -0.688. The van der Waals surface area contributed by atoms with Gasteiger partial charge in [0, 0.05) is 32.6 Å². The Bertz CT molecular complexity index is 951. The van der Waals surface area contributed by atoms with Crippen LogP contribution in [0.4, 0.5) is 9.59 Å². The molecule has 2 aromatic rings. The molecule has 8 nitrogen and oxygen atoms in total. The molecule has 2 aromatic carbocycles. The van der Waals surface area contributed by atoms with E-state index in [9.17, 15) is 14.4 Å². The second-order valence-corrected chi connectivity index (χ2v) is 9.24. The molecule has 0 saturated carbocycles. The Morgan fingerprint density at radius 3 is 1.94 bits per heavy atom. The van der Waals surface area contributed by atoms with Crippen LogP contribution in [-0.2, 0) is 27.3 Å². The van der Waals surface area contributed by atoms with E-state index in [1.54, 1.807) is 30.6 Å². The highest BCUT2D eigenvalue weighted by molar-refractivity contribution is 5.86. The summed E-state index contributed by atoms with van der Waals surface area (Å²) in [5.41, 5.74) is 1.18. The molecular weight excluding hydrogens is 434 g/mol. The fourth-order valence-corrected chi connectivity index (χ4v) is 3.64. The standard InChI is InChI=1S/C26H33N3O5/c1-26(2,3)34-24(31)27-22(18-20-10-6-4-7-11-20)23(30)28-14-16-29(17-15-28)25(32)33-19-21-12-8-5-9-13-21/h4-13,22H,14-19H2,1-3H3,(H,27,31)/t22-/m0/s1. The molecule has 8 heteroatoms. The third kappa shape index (κ3) is 7.79. The maximum atomic E-state index is 13.3. The first kappa shape index (κ1) is 25.1. The second kappa shape index (κ2) is 11.5. The first-order valence-corrected chi connectivity index (χ1v) is 11.5. The van der Waals surface area contributed by atoms with E-state index in [-0.39, 0.29) is 12.5 Å². The summed E-state index contributed by atoms with van der Waals surface area (Å²) in [4.78, 5) is 41.4. The molecule has 1 saturated heterocycles. The number of hydrogen-bond donors (Lipinski definition) is 1. The molecule has 0 unspecified atom stereocenters. The van der Waals surface area contributed by atoms with Gasteiger partial charge in [-0.2, -0.15) is 0 Å². The lowest BCUT2D eigenvalue weighted by Gasteiger charge is -2.36. The van der Waals surface area contributed by atoms with E-state index in [2.05, 4.69) is 5.32 Å². The molecule has 1 heterocycles. The van der Waals surface area contributed by atoms with E-state index in [1.165, 1.54) is 0 Å². The molecule has 0 aliphatic carbocycles. The van der Waals surface area contributed by atoms with E-state index in [0.29, 0.717) is 32.6 Å². The largest absolute Gasteiger partial charge is 0.445 e. The van der Waals surface area contributed by atoms with Crippen LogP contribution in [0.5, 0.6) is 0 Å². The van der Waals surface area contributed by atoms with Crippen LogP contribution >= 0.6 is 0 Å². The molecule has 1 atom stereocenters. The third-order valence-electron chi connectivity index (χ3n) is 5.33. The molecule has 0 bridgehead atoms. The van der Waals surface area contributed by atoms with Crippen molar-refractivity contribution in [3.8, 4) is 0 Å². The minimum Gasteiger partial charge on any atom is -0.445 e. The van der Waals surface area contributed by atoms with E-state index < -0.39 is 23.8 Å². The van der Waals surface area contributed by atoms with Gasteiger partial charge >= 0.3 is 12.2 Å². The van der Waals surface area contributed by atoms with Crippen molar-refractivity contribution >= 4 is 18.1 Å². The Morgan fingerprint density at radius 2 is 1.38 bits per heavy atom. The number of rotatable bonds is 6. The van der Waals surface area contributed by atoms with Crippen LogP contribution in [0.2, 0.25) is 0 Å².